The zero-order valence-corrected chi connectivity index (χ0v) is 6.52. The maximum absolute atomic E-state index is 3.18. The summed E-state index contributed by atoms with van der Waals surface area (Å²) in [5, 5.41) is 2.30. The molecule has 1 aliphatic rings. The van der Waals surface area contributed by atoms with E-state index < -0.39 is 0 Å². The van der Waals surface area contributed by atoms with Crippen molar-refractivity contribution < 1.29 is 0 Å². The van der Waals surface area contributed by atoms with Gasteiger partial charge in [-0.25, -0.2) is 5.01 Å². The van der Waals surface area contributed by atoms with Crippen LogP contribution in [-0.2, 0) is 0 Å². The number of hydrogen-bond donors (Lipinski definition) is 1. The Morgan fingerprint density at radius 3 is 2.33 bits per heavy atom. The second-order valence-electron chi connectivity index (χ2n) is 2.92. The highest BCUT2D eigenvalue weighted by atomic mass is 15.5. The molecule has 2 heteroatoms. The van der Waals surface area contributed by atoms with Crippen molar-refractivity contribution in [2.24, 2.45) is 5.92 Å². The van der Waals surface area contributed by atoms with E-state index >= 15 is 0 Å². The van der Waals surface area contributed by atoms with E-state index in [2.05, 4.69) is 24.3 Å². The van der Waals surface area contributed by atoms with Gasteiger partial charge >= 0.3 is 0 Å². The average Bonchev–Trinajstić information content (AvgIpc) is 2.15. The van der Waals surface area contributed by atoms with Gasteiger partial charge in [-0.2, -0.15) is 0 Å². The molecule has 2 nitrogen and oxygen atoms in total. The molecule has 0 spiro atoms. The lowest BCUT2D eigenvalue weighted by atomic mass is 10.1. The summed E-state index contributed by atoms with van der Waals surface area (Å²) in [5.41, 5.74) is 3.18. The van der Waals surface area contributed by atoms with Gasteiger partial charge in [-0.15, -0.1) is 0 Å². The van der Waals surface area contributed by atoms with E-state index in [-0.39, 0.29) is 0 Å². The van der Waals surface area contributed by atoms with Crippen molar-refractivity contribution in [3.63, 3.8) is 0 Å². The molecule has 0 aromatic heterocycles. The van der Waals surface area contributed by atoms with Gasteiger partial charge < -0.3 is 0 Å². The Morgan fingerprint density at radius 1 is 1.44 bits per heavy atom. The van der Waals surface area contributed by atoms with Crippen molar-refractivity contribution in [1.29, 1.82) is 0 Å². The van der Waals surface area contributed by atoms with Gasteiger partial charge in [-0.1, -0.05) is 6.92 Å². The van der Waals surface area contributed by atoms with Crippen molar-refractivity contribution in [2.75, 3.05) is 13.6 Å². The molecule has 0 radical (unpaired) electrons. The first-order valence-electron chi connectivity index (χ1n) is 3.69. The number of rotatable bonds is 1. The highest BCUT2D eigenvalue weighted by molar-refractivity contribution is 4.77. The van der Waals surface area contributed by atoms with Gasteiger partial charge in [0.05, 0.1) is 0 Å². The summed E-state index contributed by atoms with van der Waals surface area (Å²) in [4.78, 5) is 0. The van der Waals surface area contributed by atoms with Gasteiger partial charge in [0.25, 0.3) is 0 Å². The molecule has 2 unspecified atom stereocenters. The third kappa shape index (κ3) is 1.25. The number of hydrazine groups is 1. The predicted molar refractivity (Wildman–Crippen MR) is 39.0 cm³/mol. The SMILES string of the molecule is CNN1CCC(C)C1C. The summed E-state index contributed by atoms with van der Waals surface area (Å²) in [6.07, 6.45) is 1.34. The average molecular weight is 128 g/mol. The van der Waals surface area contributed by atoms with E-state index in [9.17, 15) is 0 Å². The van der Waals surface area contributed by atoms with Crippen LogP contribution in [0.5, 0.6) is 0 Å². The van der Waals surface area contributed by atoms with Gasteiger partial charge in [0.15, 0.2) is 0 Å². The molecule has 1 saturated heterocycles. The second kappa shape index (κ2) is 2.67. The molecule has 2 atom stereocenters. The van der Waals surface area contributed by atoms with Gasteiger partial charge in [0.1, 0.15) is 0 Å². The Kier molecular flexibility index (Phi) is 2.09. The summed E-state index contributed by atoms with van der Waals surface area (Å²) in [5.74, 6) is 0.859. The van der Waals surface area contributed by atoms with Gasteiger partial charge in [0.2, 0.25) is 0 Å². The Morgan fingerprint density at radius 2 is 2.11 bits per heavy atom. The summed E-state index contributed by atoms with van der Waals surface area (Å²) >= 11 is 0. The lowest BCUT2D eigenvalue weighted by Crippen LogP contribution is -2.38. The minimum Gasteiger partial charge on any atom is -0.258 e. The number of hydrogen-bond acceptors (Lipinski definition) is 2. The van der Waals surface area contributed by atoms with Crippen LogP contribution in [0.3, 0.4) is 0 Å². The molecule has 54 valence electrons. The molecule has 1 rings (SSSR count). The highest BCUT2D eigenvalue weighted by Crippen LogP contribution is 2.20. The topological polar surface area (TPSA) is 15.3 Å². The van der Waals surface area contributed by atoms with Crippen molar-refractivity contribution in [2.45, 2.75) is 26.3 Å². The third-order valence-corrected chi connectivity index (χ3v) is 2.43. The van der Waals surface area contributed by atoms with Crippen LogP contribution in [0, 0.1) is 5.92 Å². The standard InChI is InChI=1S/C7H16N2/c1-6-4-5-9(8-3)7(6)2/h6-8H,4-5H2,1-3H3. The van der Waals surface area contributed by atoms with Crippen molar-refractivity contribution in [1.82, 2.24) is 10.4 Å². The van der Waals surface area contributed by atoms with Crippen LogP contribution in [0.4, 0.5) is 0 Å². The van der Waals surface area contributed by atoms with Crippen LogP contribution in [0.25, 0.3) is 0 Å². The maximum Gasteiger partial charge on any atom is 0.0241 e. The first-order valence-corrected chi connectivity index (χ1v) is 3.69. The van der Waals surface area contributed by atoms with E-state index in [0.29, 0.717) is 0 Å². The molecule has 0 amide bonds. The van der Waals surface area contributed by atoms with E-state index in [1.165, 1.54) is 13.0 Å². The Balaban J connectivity index is 2.41. The van der Waals surface area contributed by atoms with E-state index in [1.54, 1.807) is 0 Å². The third-order valence-electron chi connectivity index (χ3n) is 2.43. The van der Waals surface area contributed by atoms with Gasteiger partial charge in [0, 0.05) is 12.6 Å². The van der Waals surface area contributed by atoms with Gasteiger partial charge in [-0.3, -0.25) is 5.43 Å². The number of nitrogens with one attached hydrogen (secondary N) is 1. The summed E-state index contributed by atoms with van der Waals surface area (Å²) in [6, 6.07) is 0.718. The molecule has 0 aromatic carbocycles. The Hall–Kier alpha value is -0.0800. The van der Waals surface area contributed by atoms with Crippen LogP contribution < -0.4 is 5.43 Å². The molecule has 0 saturated carbocycles. The second-order valence-corrected chi connectivity index (χ2v) is 2.92. The molecule has 1 heterocycles. The maximum atomic E-state index is 3.18. The number of nitrogens with zero attached hydrogens (tertiary/aromatic N) is 1. The van der Waals surface area contributed by atoms with E-state index in [1.807, 2.05) is 7.05 Å². The predicted octanol–water partition coefficient (Wildman–Crippen LogP) is 0.851. The van der Waals surface area contributed by atoms with Crippen LogP contribution in [-0.4, -0.2) is 24.6 Å². The molecular formula is C7H16N2. The molecule has 9 heavy (non-hydrogen) atoms. The zero-order valence-electron chi connectivity index (χ0n) is 6.52. The van der Waals surface area contributed by atoms with Crippen LogP contribution in [0.2, 0.25) is 0 Å². The molecule has 1 N–H and O–H groups in total. The summed E-state index contributed by atoms with van der Waals surface area (Å²) in [6.45, 7) is 5.79. The molecule has 0 aromatic rings. The van der Waals surface area contributed by atoms with E-state index in [4.69, 9.17) is 0 Å². The molecule has 1 aliphatic heterocycles. The zero-order chi connectivity index (χ0) is 6.85. The monoisotopic (exact) mass is 128 g/mol. The van der Waals surface area contributed by atoms with Crippen molar-refractivity contribution in [3.05, 3.63) is 0 Å². The first kappa shape index (κ1) is 7.03. The van der Waals surface area contributed by atoms with Crippen LogP contribution in [0.1, 0.15) is 20.3 Å². The fraction of sp³-hybridized carbons (Fsp3) is 1.00. The summed E-state index contributed by atoms with van der Waals surface area (Å²) in [7, 11) is 1.99. The smallest absolute Gasteiger partial charge is 0.0241 e. The molecule has 0 aliphatic carbocycles. The normalized spacial score (nSPS) is 37.7. The fourth-order valence-electron chi connectivity index (χ4n) is 1.41. The lowest BCUT2D eigenvalue weighted by Gasteiger charge is -2.21. The quantitative estimate of drug-likeness (QED) is 0.563. The molecular weight excluding hydrogens is 112 g/mol. The minimum absolute atomic E-state index is 0.718. The summed E-state index contributed by atoms with van der Waals surface area (Å²) < 4.78 is 0. The Labute approximate surface area is 57.2 Å². The lowest BCUT2D eigenvalue weighted by molar-refractivity contribution is 0.185. The highest BCUT2D eigenvalue weighted by Gasteiger charge is 2.25. The van der Waals surface area contributed by atoms with E-state index in [0.717, 1.165) is 12.0 Å². The largest absolute Gasteiger partial charge is 0.258 e. The van der Waals surface area contributed by atoms with Crippen molar-refractivity contribution in [3.8, 4) is 0 Å². The molecule has 0 bridgehead atoms. The Bertz CT molecular complexity index is 92.9. The van der Waals surface area contributed by atoms with Gasteiger partial charge in [-0.05, 0) is 26.3 Å². The minimum atomic E-state index is 0.718. The van der Waals surface area contributed by atoms with Crippen LogP contribution in [0.15, 0.2) is 0 Å². The molecule has 1 fully saturated rings. The van der Waals surface area contributed by atoms with Crippen LogP contribution >= 0.6 is 0 Å². The first-order chi connectivity index (χ1) is 4.25. The fourth-order valence-corrected chi connectivity index (χ4v) is 1.41. The van der Waals surface area contributed by atoms with Crippen molar-refractivity contribution >= 4 is 0 Å².